The fourth-order valence-electron chi connectivity index (χ4n) is 0.957. The van der Waals surface area contributed by atoms with Crippen molar-refractivity contribution in [2.24, 2.45) is 0 Å². The largest absolute Gasteiger partial charge is 0.412 e. The van der Waals surface area contributed by atoms with Crippen molar-refractivity contribution in [1.82, 2.24) is 0 Å². The average Bonchev–Trinajstić information content (AvgIpc) is 2.06. The van der Waals surface area contributed by atoms with Gasteiger partial charge in [0.25, 0.3) is 0 Å². The van der Waals surface area contributed by atoms with Gasteiger partial charge in [-0.3, -0.25) is 0 Å². The maximum absolute atomic E-state index is 5.28. The summed E-state index contributed by atoms with van der Waals surface area (Å²) in [6.45, 7) is 9.41. The summed E-state index contributed by atoms with van der Waals surface area (Å²) in [7, 11) is 0. The lowest BCUT2D eigenvalue weighted by molar-refractivity contribution is -0.495. The van der Waals surface area contributed by atoms with Crippen LogP contribution < -0.4 is 0 Å². The predicted molar refractivity (Wildman–Crippen MR) is 56.0 cm³/mol. The molecule has 0 rings (SSSR count). The summed E-state index contributed by atoms with van der Waals surface area (Å²) in [4.78, 5) is 0. The van der Waals surface area contributed by atoms with Crippen LogP contribution in [0.4, 0.5) is 0 Å². The van der Waals surface area contributed by atoms with Crippen LogP contribution in [0.2, 0.25) is 0 Å². The Balaban J connectivity index is 0. The van der Waals surface area contributed by atoms with Gasteiger partial charge in [0.15, 0.2) is 0 Å². The second kappa shape index (κ2) is 9.40. The van der Waals surface area contributed by atoms with Crippen molar-refractivity contribution in [3.8, 4) is 0 Å². The van der Waals surface area contributed by atoms with Crippen LogP contribution in [0, 0.1) is 0 Å². The second-order valence-corrected chi connectivity index (χ2v) is 2.23. The van der Waals surface area contributed by atoms with Gasteiger partial charge < -0.3 is 18.9 Å². The lowest BCUT2D eigenvalue weighted by Crippen LogP contribution is -2.42. The predicted octanol–water partition coefficient (Wildman–Crippen LogP) is 2.38. The van der Waals surface area contributed by atoms with E-state index in [4.69, 9.17) is 18.9 Å². The minimum Gasteiger partial charge on any atom is -0.304 e. The summed E-state index contributed by atoms with van der Waals surface area (Å²) in [6, 6.07) is 0. The van der Waals surface area contributed by atoms with Crippen LogP contribution in [0.1, 0.15) is 35.1 Å². The minimum absolute atomic E-state index is 0. The summed E-state index contributed by atoms with van der Waals surface area (Å²) < 4.78 is 21.1. The monoisotopic (exact) mass is 208 g/mol. The molecular formula is C10H24O4. The van der Waals surface area contributed by atoms with Crippen molar-refractivity contribution in [3.05, 3.63) is 0 Å². The normalized spacial score (nSPS) is 11.1. The molecule has 0 aromatic heterocycles. The van der Waals surface area contributed by atoms with Crippen molar-refractivity contribution in [1.29, 1.82) is 0 Å². The molecule has 0 aromatic carbocycles. The number of hydrogen-bond acceptors (Lipinski definition) is 4. The maximum Gasteiger partial charge on any atom is 0.412 e. The van der Waals surface area contributed by atoms with E-state index in [1.54, 1.807) is 0 Å². The molecule has 0 heterocycles. The third-order valence-electron chi connectivity index (χ3n) is 1.28. The summed E-state index contributed by atoms with van der Waals surface area (Å²) in [6.07, 6.45) is -1.30. The smallest absolute Gasteiger partial charge is 0.304 e. The zero-order valence-corrected chi connectivity index (χ0v) is 8.96. The van der Waals surface area contributed by atoms with Gasteiger partial charge in [-0.1, -0.05) is 7.43 Å². The van der Waals surface area contributed by atoms with Gasteiger partial charge in [0.2, 0.25) is 0 Å². The lowest BCUT2D eigenvalue weighted by atomic mass is 10.7. The van der Waals surface area contributed by atoms with Crippen molar-refractivity contribution in [2.45, 2.75) is 41.3 Å². The van der Waals surface area contributed by atoms with Crippen molar-refractivity contribution in [3.63, 3.8) is 0 Å². The molecule has 0 fully saturated rings. The van der Waals surface area contributed by atoms with E-state index < -0.39 is 6.16 Å². The highest BCUT2D eigenvalue weighted by Gasteiger charge is 2.33. The van der Waals surface area contributed by atoms with E-state index >= 15 is 0 Å². The van der Waals surface area contributed by atoms with Crippen LogP contribution in [-0.2, 0) is 18.9 Å². The summed E-state index contributed by atoms with van der Waals surface area (Å²) in [5.41, 5.74) is 0. The van der Waals surface area contributed by atoms with E-state index in [0.29, 0.717) is 26.4 Å². The topological polar surface area (TPSA) is 36.9 Å². The zero-order chi connectivity index (χ0) is 10.2. The molecule has 0 spiro atoms. The van der Waals surface area contributed by atoms with Crippen LogP contribution in [0.3, 0.4) is 0 Å². The molecule has 4 nitrogen and oxygen atoms in total. The van der Waals surface area contributed by atoms with E-state index in [1.165, 1.54) is 0 Å². The van der Waals surface area contributed by atoms with Crippen molar-refractivity contribution >= 4 is 0 Å². The van der Waals surface area contributed by atoms with E-state index in [1.807, 2.05) is 27.7 Å². The summed E-state index contributed by atoms with van der Waals surface area (Å²) in [5.74, 6) is 0. The summed E-state index contributed by atoms with van der Waals surface area (Å²) in [5, 5.41) is 0. The molecule has 0 unspecified atom stereocenters. The Morgan fingerprint density at radius 1 is 0.643 bits per heavy atom. The first-order chi connectivity index (χ1) is 6.24. The third kappa shape index (κ3) is 5.54. The van der Waals surface area contributed by atoms with Crippen LogP contribution in [-0.4, -0.2) is 32.6 Å². The van der Waals surface area contributed by atoms with E-state index in [0.717, 1.165) is 0 Å². The van der Waals surface area contributed by atoms with Crippen LogP contribution >= 0.6 is 0 Å². The van der Waals surface area contributed by atoms with E-state index in [-0.39, 0.29) is 7.43 Å². The van der Waals surface area contributed by atoms with Crippen molar-refractivity contribution in [2.75, 3.05) is 26.4 Å². The first-order valence-electron chi connectivity index (χ1n) is 4.80. The number of rotatable bonds is 8. The van der Waals surface area contributed by atoms with Gasteiger partial charge in [-0.15, -0.1) is 0 Å². The van der Waals surface area contributed by atoms with Crippen molar-refractivity contribution < 1.29 is 18.9 Å². The Morgan fingerprint density at radius 3 is 1.00 bits per heavy atom. The lowest BCUT2D eigenvalue weighted by Gasteiger charge is -2.30. The highest BCUT2D eigenvalue weighted by molar-refractivity contribution is 4.40. The van der Waals surface area contributed by atoms with Crippen LogP contribution in [0.15, 0.2) is 0 Å². The molecule has 0 amide bonds. The Hall–Kier alpha value is -0.160. The standard InChI is InChI=1S/C9H20O4.CH4/c1-5-10-9(11-6-2,12-7-3)13-8-4;/h5-8H2,1-4H3;1H4. The quantitative estimate of drug-likeness (QED) is 0.574. The molecule has 0 aliphatic heterocycles. The number of hydrogen-bond donors (Lipinski definition) is 0. The maximum atomic E-state index is 5.28. The zero-order valence-electron chi connectivity index (χ0n) is 8.96. The molecule has 0 aromatic rings. The van der Waals surface area contributed by atoms with Gasteiger partial charge in [-0.2, -0.15) is 0 Å². The fourth-order valence-corrected chi connectivity index (χ4v) is 0.957. The highest BCUT2D eigenvalue weighted by atomic mass is 17.0. The van der Waals surface area contributed by atoms with Gasteiger partial charge in [0.1, 0.15) is 0 Å². The Morgan fingerprint density at radius 2 is 0.857 bits per heavy atom. The molecule has 0 aliphatic carbocycles. The van der Waals surface area contributed by atoms with Crippen LogP contribution in [0.25, 0.3) is 0 Å². The molecule has 0 bridgehead atoms. The van der Waals surface area contributed by atoms with E-state index in [2.05, 4.69) is 0 Å². The summed E-state index contributed by atoms with van der Waals surface area (Å²) >= 11 is 0. The molecule has 0 atom stereocenters. The Labute approximate surface area is 87.5 Å². The molecular weight excluding hydrogens is 184 g/mol. The first kappa shape index (κ1) is 16.3. The Kier molecular flexibility index (Phi) is 10.9. The molecule has 0 radical (unpaired) electrons. The second-order valence-electron chi connectivity index (χ2n) is 2.23. The molecule has 0 N–H and O–H groups in total. The molecule has 88 valence electrons. The first-order valence-corrected chi connectivity index (χ1v) is 4.80. The van der Waals surface area contributed by atoms with Gasteiger partial charge >= 0.3 is 6.16 Å². The molecule has 0 saturated heterocycles. The molecule has 4 heteroatoms. The minimum atomic E-state index is -1.30. The van der Waals surface area contributed by atoms with Gasteiger partial charge in [0, 0.05) is 0 Å². The Bertz CT molecular complexity index is 87.2. The molecule has 0 aliphatic rings. The van der Waals surface area contributed by atoms with E-state index in [9.17, 15) is 0 Å². The third-order valence-corrected chi connectivity index (χ3v) is 1.28. The highest BCUT2D eigenvalue weighted by Crippen LogP contribution is 2.17. The van der Waals surface area contributed by atoms with Gasteiger partial charge in [-0.05, 0) is 27.7 Å². The number of ether oxygens (including phenoxy) is 4. The van der Waals surface area contributed by atoms with Crippen LogP contribution in [0.5, 0.6) is 0 Å². The van der Waals surface area contributed by atoms with Gasteiger partial charge in [-0.25, -0.2) is 0 Å². The average molecular weight is 208 g/mol. The fraction of sp³-hybridized carbons (Fsp3) is 1.00. The molecule has 0 saturated carbocycles. The van der Waals surface area contributed by atoms with Gasteiger partial charge in [0.05, 0.1) is 26.4 Å². The SMILES string of the molecule is C.CCOC(OCC)(OCC)OCC. The molecule has 14 heavy (non-hydrogen) atoms.